The van der Waals surface area contributed by atoms with Crippen LogP contribution in [0.15, 0.2) is 23.8 Å². The van der Waals surface area contributed by atoms with Gasteiger partial charge in [0.15, 0.2) is 8.32 Å². The quantitative estimate of drug-likeness (QED) is 0.645. The Kier molecular flexibility index (Phi) is 5.21. The first-order chi connectivity index (χ1) is 11.0. The van der Waals surface area contributed by atoms with Crippen molar-refractivity contribution in [2.45, 2.75) is 58.9 Å². The van der Waals surface area contributed by atoms with Gasteiger partial charge in [-0.25, -0.2) is 0 Å². The standard InChI is InChI=1S/C20H32O3Si/c1-13-14(2)19(23-24(8,9)20(3,4)5)17-15(18(13)22-7)11-10-12-16(17)21-6/h10-12,14,19H,1-9H3/t14-,19-/m1/s1. The molecule has 0 aromatic heterocycles. The second-order valence-electron chi connectivity index (χ2n) is 8.23. The molecule has 1 aromatic rings. The zero-order chi connectivity index (χ0) is 18.3. The SMILES string of the molecule is COC1=C(C)[C@@H](C)[C@@H](O[Si](C)(C)C(C)(C)C)c2c(OC)cccc21. The molecule has 0 amide bonds. The molecule has 3 nitrogen and oxygen atoms in total. The van der Waals surface area contributed by atoms with Gasteiger partial charge in [0.25, 0.3) is 0 Å². The summed E-state index contributed by atoms with van der Waals surface area (Å²) >= 11 is 0. The first-order valence-corrected chi connectivity index (χ1v) is 11.6. The molecule has 2 atom stereocenters. The van der Waals surface area contributed by atoms with Crippen LogP contribution >= 0.6 is 0 Å². The second-order valence-corrected chi connectivity index (χ2v) is 13.0. The van der Waals surface area contributed by atoms with Crippen LogP contribution in [-0.4, -0.2) is 22.5 Å². The van der Waals surface area contributed by atoms with Gasteiger partial charge in [0.05, 0.1) is 20.3 Å². The Bertz CT molecular complexity index is 641. The fraction of sp³-hybridized carbons (Fsp3) is 0.600. The van der Waals surface area contributed by atoms with Crippen molar-refractivity contribution in [2.75, 3.05) is 14.2 Å². The van der Waals surface area contributed by atoms with Crippen LogP contribution < -0.4 is 4.74 Å². The van der Waals surface area contributed by atoms with Crippen molar-refractivity contribution in [3.05, 3.63) is 34.9 Å². The molecular weight excluding hydrogens is 316 g/mol. The minimum Gasteiger partial charge on any atom is -0.496 e. The van der Waals surface area contributed by atoms with Crippen molar-refractivity contribution in [1.82, 2.24) is 0 Å². The molecule has 1 aliphatic rings. The predicted octanol–water partition coefficient (Wildman–Crippen LogP) is 5.79. The van der Waals surface area contributed by atoms with Crippen LogP contribution in [-0.2, 0) is 9.16 Å². The lowest BCUT2D eigenvalue weighted by molar-refractivity contribution is 0.133. The van der Waals surface area contributed by atoms with Crippen LogP contribution in [0.2, 0.25) is 18.1 Å². The van der Waals surface area contributed by atoms with Crippen molar-refractivity contribution in [3.8, 4) is 5.75 Å². The molecule has 0 saturated carbocycles. The molecule has 1 aliphatic carbocycles. The van der Waals surface area contributed by atoms with Crippen LogP contribution in [0.3, 0.4) is 0 Å². The van der Waals surface area contributed by atoms with Gasteiger partial charge >= 0.3 is 0 Å². The average Bonchev–Trinajstić information content (AvgIpc) is 2.50. The lowest BCUT2D eigenvalue weighted by Gasteiger charge is -2.43. The maximum Gasteiger partial charge on any atom is 0.192 e. The average molecular weight is 349 g/mol. The summed E-state index contributed by atoms with van der Waals surface area (Å²) in [5.41, 5.74) is 3.46. The van der Waals surface area contributed by atoms with E-state index in [0.717, 1.165) is 22.6 Å². The largest absolute Gasteiger partial charge is 0.496 e. The Hall–Kier alpha value is -1.26. The molecule has 4 heteroatoms. The third-order valence-electron chi connectivity index (χ3n) is 5.74. The van der Waals surface area contributed by atoms with Gasteiger partial charge in [0.1, 0.15) is 11.5 Å². The van der Waals surface area contributed by atoms with Gasteiger partial charge in [-0.05, 0) is 36.7 Å². The van der Waals surface area contributed by atoms with E-state index in [1.165, 1.54) is 5.57 Å². The summed E-state index contributed by atoms with van der Waals surface area (Å²) in [5, 5.41) is 0.161. The zero-order valence-electron chi connectivity index (χ0n) is 16.6. The van der Waals surface area contributed by atoms with E-state index in [2.05, 4.69) is 53.8 Å². The van der Waals surface area contributed by atoms with Crippen LogP contribution in [0.4, 0.5) is 0 Å². The molecule has 0 saturated heterocycles. The molecule has 24 heavy (non-hydrogen) atoms. The van der Waals surface area contributed by atoms with Gasteiger partial charge in [-0.2, -0.15) is 0 Å². The summed E-state index contributed by atoms with van der Waals surface area (Å²) in [7, 11) is 1.54. The van der Waals surface area contributed by atoms with Crippen molar-refractivity contribution >= 4 is 14.1 Å². The summed E-state index contributed by atoms with van der Waals surface area (Å²) in [6, 6.07) is 6.14. The molecule has 0 fully saturated rings. The molecule has 0 bridgehead atoms. The van der Waals surface area contributed by atoms with E-state index >= 15 is 0 Å². The van der Waals surface area contributed by atoms with E-state index < -0.39 is 8.32 Å². The highest BCUT2D eigenvalue weighted by Crippen LogP contribution is 2.50. The number of benzene rings is 1. The molecular formula is C20H32O3Si. The highest BCUT2D eigenvalue weighted by atomic mass is 28.4. The molecule has 2 rings (SSSR count). The third kappa shape index (κ3) is 3.14. The first kappa shape index (κ1) is 19.1. The van der Waals surface area contributed by atoms with Crippen molar-refractivity contribution in [1.29, 1.82) is 0 Å². The van der Waals surface area contributed by atoms with E-state index in [1.54, 1.807) is 14.2 Å². The van der Waals surface area contributed by atoms with Gasteiger partial charge in [-0.1, -0.05) is 39.8 Å². The Labute approximate surface area is 148 Å². The lowest BCUT2D eigenvalue weighted by Crippen LogP contribution is -2.43. The van der Waals surface area contributed by atoms with Gasteiger partial charge in [0, 0.05) is 17.0 Å². The topological polar surface area (TPSA) is 27.7 Å². The highest BCUT2D eigenvalue weighted by molar-refractivity contribution is 6.74. The van der Waals surface area contributed by atoms with E-state index in [1.807, 2.05) is 12.1 Å². The molecule has 0 N–H and O–H groups in total. The Morgan fingerprint density at radius 1 is 1.04 bits per heavy atom. The van der Waals surface area contributed by atoms with Gasteiger partial charge in [-0.3, -0.25) is 0 Å². The highest BCUT2D eigenvalue weighted by Gasteiger charge is 2.43. The number of methoxy groups -OCH3 is 2. The maximum atomic E-state index is 6.86. The first-order valence-electron chi connectivity index (χ1n) is 8.65. The minimum atomic E-state index is -1.92. The van der Waals surface area contributed by atoms with E-state index in [9.17, 15) is 0 Å². The molecule has 0 heterocycles. The number of hydrogen-bond acceptors (Lipinski definition) is 3. The molecule has 0 radical (unpaired) electrons. The van der Waals surface area contributed by atoms with E-state index in [-0.39, 0.29) is 17.1 Å². The van der Waals surface area contributed by atoms with Crippen molar-refractivity contribution in [3.63, 3.8) is 0 Å². The number of rotatable bonds is 4. The van der Waals surface area contributed by atoms with Crippen LogP contribution in [0.1, 0.15) is 51.8 Å². The number of ether oxygens (including phenoxy) is 2. The van der Waals surface area contributed by atoms with Gasteiger partial charge in [-0.15, -0.1) is 0 Å². The lowest BCUT2D eigenvalue weighted by atomic mass is 9.81. The summed E-state index contributed by atoms with van der Waals surface area (Å²) in [6.45, 7) is 15.8. The monoisotopic (exact) mass is 348 g/mol. The fourth-order valence-corrected chi connectivity index (χ4v) is 4.35. The van der Waals surface area contributed by atoms with Crippen molar-refractivity contribution < 1.29 is 13.9 Å². The number of fused-ring (bicyclic) bond motifs is 1. The van der Waals surface area contributed by atoms with Gasteiger partial charge in [0.2, 0.25) is 0 Å². The van der Waals surface area contributed by atoms with E-state index in [4.69, 9.17) is 13.9 Å². The molecule has 1 aromatic carbocycles. The third-order valence-corrected chi connectivity index (χ3v) is 10.2. The smallest absolute Gasteiger partial charge is 0.192 e. The Morgan fingerprint density at radius 3 is 2.17 bits per heavy atom. The summed E-state index contributed by atoms with van der Waals surface area (Å²) in [4.78, 5) is 0. The summed E-state index contributed by atoms with van der Waals surface area (Å²) in [6.07, 6.45) is -0.00376. The van der Waals surface area contributed by atoms with Crippen LogP contribution in [0.25, 0.3) is 5.76 Å². The summed E-state index contributed by atoms with van der Waals surface area (Å²) in [5.74, 6) is 2.08. The van der Waals surface area contributed by atoms with Crippen LogP contribution in [0.5, 0.6) is 5.75 Å². The normalized spacial score (nSPS) is 21.5. The number of hydrogen-bond donors (Lipinski definition) is 0. The van der Waals surface area contributed by atoms with E-state index in [0.29, 0.717) is 0 Å². The van der Waals surface area contributed by atoms with Crippen LogP contribution in [0, 0.1) is 5.92 Å². The predicted molar refractivity (Wildman–Crippen MR) is 103 cm³/mol. The Balaban J connectivity index is 2.61. The summed E-state index contributed by atoms with van der Waals surface area (Å²) < 4.78 is 18.3. The zero-order valence-corrected chi connectivity index (χ0v) is 17.6. The molecule has 0 spiro atoms. The maximum absolute atomic E-state index is 6.86. The molecule has 134 valence electrons. The van der Waals surface area contributed by atoms with Gasteiger partial charge < -0.3 is 13.9 Å². The Morgan fingerprint density at radius 2 is 1.67 bits per heavy atom. The fourth-order valence-electron chi connectivity index (χ4n) is 3.04. The minimum absolute atomic E-state index is 0.00376. The second kappa shape index (κ2) is 6.56. The molecule has 0 unspecified atom stereocenters. The van der Waals surface area contributed by atoms with Crippen molar-refractivity contribution in [2.24, 2.45) is 5.92 Å². The molecule has 0 aliphatic heterocycles.